The zero-order valence-electron chi connectivity index (χ0n) is 26.4. The van der Waals surface area contributed by atoms with Crippen LogP contribution in [0.4, 0.5) is 18.0 Å². The third-order valence-corrected chi connectivity index (χ3v) is 8.93. The van der Waals surface area contributed by atoms with E-state index in [0.717, 1.165) is 17.5 Å². The van der Waals surface area contributed by atoms with Gasteiger partial charge in [0.1, 0.15) is 17.9 Å². The lowest BCUT2D eigenvalue weighted by molar-refractivity contribution is -0.274. The van der Waals surface area contributed by atoms with Crippen molar-refractivity contribution in [3.05, 3.63) is 95.3 Å². The van der Waals surface area contributed by atoms with E-state index in [-0.39, 0.29) is 17.5 Å². The first-order valence-corrected chi connectivity index (χ1v) is 16.4. The normalized spacial score (nSPS) is 16.6. The highest BCUT2D eigenvalue weighted by atomic mass is 32.2. The number of Topliss-reactive ketones (excluding diaryl/α,β-unsaturated/α-hetero) is 1. The average molecular weight is 664 g/mol. The Morgan fingerprint density at radius 1 is 1.11 bits per heavy atom. The van der Waals surface area contributed by atoms with Crippen LogP contribution in [0.1, 0.15) is 67.2 Å². The lowest BCUT2D eigenvalue weighted by Crippen LogP contribution is -2.24. The van der Waals surface area contributed by atoms with Crippen molar-refractivity contribution in [1.29, 1.82) is 0 Å². The van der Waals surface area contributed by atoms with E-state index in [1.54, 1.807) is 0 Å². The van der Waals surface area contributed by atoms with Gasteiger partial charge in [-0.15, -0.1) is 30.0 Å². The molecule has 2 heterocycles. The fourth-order valence-corrected chi connectivity index (χ4v) is 6.36. The largest absolute Gasteiger partial charge is 0.573 e. The third kappa shape index (κ3) is 9.54. The predicted octanol–water partition coefficient (Wildman–Crippen LogP) is 8.19. The Morgan fingerprint density at radius 2 is 1.85 bits per heavy atom. The highest BCUT2D eigenvalue weighted by molar-refractivity contribution is 8.14. The van der Waals surface area contributed by atoms with Gasteiger partial charge in [-0.3, -0.25) is 4.79 Å². The van der Waals surface area contributed by atoms with Crippen LogP contribution in [0.2, 0.25) is 0 Å². The number of aromatic nitrogens is 3. The summed E-state index contributed by atoms with van der Waals surface area (Å²) in [5.41, 5.74) is 5.96. The molecule has 0 radical (unpaired) electrons. The van der Waals surface area contributed by atoms with E-state index in [1.165, 1.54) is 63.7 Å². The fraction of sp³-hybridized carbons (Fsp3) is 0.343. The maximum atomic E-state index is 12.8. The molecule has 0 bridgehead atoms. The van der Waals surface area contributed by atoms with Gasteiger partial charge >= 0.3 is 12.4 Å². The molecule has 2 amide bonds. The van der Waals surface area contributed by atoms with Crippen molar-refractivity contribution in [2.45, 2.75) is 64.7 Å². The van der Waals surface area contributed by atoms with Crippen LogP contribution in [0.15, 0.2) is 78.0 Å². The Hall–Kier alpha value is -4.45. The standard InChI is InChI=1S/C35H36F3N5O3S/c1-22(2)30-14-4-23(3)18-31(30)26-9-15-32(47-20-28(44)19-26)41-34(45)39-17-16-24-5-7-25(8-6-24)33-40-21-43(42-33)27-10-12-29(13-11-27)46-35(36,37)38/h4-8,10-14,18,21-22,26H,9,15-17,19-20H2,1-3H3,(H,39,45). The number of carbonyl (C=O) groups is 2. The smallest absolute Gasteiger partial charge is 0.406 e. The molecule has 1 fully saturated rings. The zero-order chi connectivity index (χ0) is 33.6. The van der Waals surface area contributed by atoms with Crippen molar-refractivity contribution in [3.63, 3.8) is 0 Å². The van der Waals surface area contributed by atoms with Crippen molar-refractivity contribution in [2.24, 2.45) is 4.99 Å². The number of amides is 2. The molecule has 1 aromatic heterocycles. The molecule has 1 aliphatic rings. The predicted molar refractivity (Wildman–Crippen MR) is 177 cm³/mol. The quantitative estimate of drug-likeness (QED) is 0.204. The Morgan fingerprint density at radius 3 is 2.55 bits per heavy atom. The Labute approximate surface area is 275 Å². The molecule has 12 heteroatoms. The minimum absolute atomic E-state index is 0.106. The monoisotopic (exact) mass is 663 g/mol. The molecule has 1 saturated heterocycles. The average Bonchev–Trinajstić information content (AvgIpc) is 3.51. The van der Waals surface area contributed by atoms with Gasteiger partial charge < -0.3 is 10.1 Å². The van der Waals surface area contributed by atoms with Gasteiger partial charge in [-0.25, -0.2) is 14.5 Å². The number of carbonyl (C=O) groups excluding carboxylic acids is 2. The number of ether oxygens (including phenoxy) is 1. The van der Waals surface area contributed by atoms with Gasteiger partial charge in [-0.05, 0) is 79.0 Å². The molecule has 8 nitrogen and oxygen atoms in total. The summed E-state index contributed by atoms with van der Waals surface area (Å²) in [6.07, 6.45) is -0.777. The van der Waals surface area contributed by atoms with Crippen molar-refractivity contribution >= 4 is 28.6 Å². The molecule has 3 aromatic carbocycles. The van der Waals surface area contributed by atoms with Gasteiger partial charge in [0.25, 0.3) is 0 Å². The maximum Gasteiger partial charge on any atom is 0.573 e. The number of thioether (sulfide) groups is 1. The van der Waals surface area contributed by atoms with Crippen molar-refractivity contribution in [2.75, 3.05) is 12.3 Å². The second kappa shape index (κ2) is 15.0. The zero-order valence-corrected chi connectivity index (χ0v) is 27.2. The molecule has 0 saturated carbocycles. The van der Waals surface area contributed by atoms with Crippen LogP contribution >= 0.6 is 11.8 Å². The minimum atomic E-state index is -4.76. The molecule has 1 aliphatic heterocycles. The number of aryl methyl sites for hydroxylation is 1. The number of benzene rings is 3. The fourth-order valence-electron chi connectivity index (χ4n) is 5.50. The molecular weight excluding hydrogens is 627 g/mol. The van der Waals surface area contributed by atoms with Crippen LogP contribution in [0.5, 0.6) is 5.75 Å². The lowest BCUT2D eigenvalue weighted by atomic mass is 9.83. The van der Waals surface area contributed by atoms with E-state index < -0.39 is 12.4 Å². The van der Waals surface area contributed by atoms with Gasteiger partial charge in [0, 0.05) is 18.5 Å². The summed E-state index contributed by atoms with van der Waals surface area (Å²) in [5.74, 6) is 1.08. The molecule has 0 spiro atoms. The first-order chi connectivity index (χ1) is 22.4. The highest BCUT2D eigenvalue weighted by Crippen LogP contribution is 2.35. The number of nitrogens with one attached hydrogen (secondary N) is 1. The second-order valence-electron chi connectivity index (χ2n) is 11.8. The minimum Gasteiger partial charge on any atom is -0.406 e. The molecule has 1 unspecified atom stereocenters. The number of halogens is 3. The van der Waals surface area contributed by atoms with Crippen LogP contribution in [-0.4, -0.2) is 50.3 Å². The number of aliphatic imine (C=N–C) groups is 1. The van der Waals surface area contributed by atoms with Crippen LogP contribution in [0, 0.1) is 6.92 Å². The van der Waals surface area contributed by atoms with Gasteiger partial charge in [-0.1, -0.05) is 61.9 Å². The van der Waals surface area contributed by atoms with Crippen LogP contribution in [0.25, 0.3) is 17.1 Å². The molecule has 47 heavy (non-hydrogen) atoms. The SMILES string of the molecule is Cc1ccc(C(C)C)c(C2CCC(=NC(=O)NCCc3ccc(-c4ncn(-c5ccc(OC(F)(F)F)cc5)n4)cc3)SCC(=O)C2)c1. The van der Waals surface area contributed by atoms with Crippen molar-refractivity contribution in [3.8, 4) is 22.8 Å². The van der Waals surface area contributed by atoms with Gasteiger partial charge in [0.05, 0.1) is 16.5 Å². The number of hydrogen-bond acceptors (Lipinski definition) is 6. The van der Waals surface area contributed by atoms with E-state index in [1.807, 2.05) is 24.3 Å². The number of hydrogen-bond donors (Lipinski definition) is 1. The topological polar surface area (TPSA) is 98.5 Å². The summed E-state index contributed by atoms with van der Waals surface area (Å²) in [6, 6.07) is 19.0. The van der Waals surface area contributed by atoms with Gasteiger partial charge in [0.15, 0.2) is 5.82 Å². The highest BCUT2D eigenvalue weighted by Gasteiger charge is 2.31. The van der Waals surface area contributed by atoms with Crippen LogP contribution in [-0.2, 0) is 11.2 Å². The van der Waals surface area contributed by atoms with E-state index in [2.05, 4.69) is 64.1 Å². The van der Waals surface area contributed by atoms with Crippen LogP contribution in [0.3, 0.4) is 0 Å². The number of rotatable bonds is 8. The Kier molecular flexibility index (Phi) is 10.8. The molecule has 1 N–H and O–H groups in total. The van der Waals surface area contributed by atoms with Gasteiger partial charge in [0.2, 0.25) is 0 Å². The van der Waals surface area contributed by atoms with E-state index >= 15 is 0 Å². The summed E-state index contributed by atoms with van der Waals surface area (Å²) >= 11 is 1.36. The van der Waals surface area contributed by atoms with E-state index in [0.29, 0.717) is 54.0 Å². The summed E-state index contributed by atoms with van der Waals surface area (Å²) < 4.78 is 42.6. The molecule has 246 valence electrons. The summed E-state index contributed by atoms with van der Waals surface area (Å²) in [7, 11) is 0. The summed E-state index contributed by atoms with van der Waals surface area (Å²) in [5, 5.41) is 7.97. The first kappa shape index (κ1) is 33.9. The number of alkyl halides is 3. The number of urea groups is 1. The first-order valence-electron chi connectivity index (χ1n) is 15.4. The number of nitrogens with zero attached hydrogens (tertiary/aromatic N) is 4. The van der Waals surface area contributed by atoms with Crippen LogP contribution < -0.4 is 10.1 Å². The summed E-state index contributed by atoms with van der Waals surface area (Å²) in [6.45, 7) is 6.80. The molecule has 1 atom stereocenters. The van der Waals surface area contributed by atoms with Crippen molar-refractivity contribution < 1.29 is 27.5 Å². The molecular formula is C35H36F3N5O3S. The van der Waals surface area contributed by atoms with Crippen molar-refractivity contribution in [1.82, 2.24) is 20.1 Å². The second-order valence-corrected chi connectivity index (χ2v) is 12.8. The molecule has 5 rings (SSSR count). The van der Waals surface area contributed by atoms with Gasteiger partial charge in [-0.2, -0.15) is 4.99 Å². The third-order valence-electron chi connectivity index (χ3n) is 7.84. The molecule has 4 aromatic rings. The maximum absolute atomic E-state index is 12.8. The Balaban J connectivity index is 1.13. The Bertz CT molecular complexity index is 1730. The lowest BCUT2D eigenvalue weighted by Gasteiger charge is -2.24. The molecule has 0 aliphatic carbocycles. The van der Waals surface area contributed by atoms with E-state index in [9.17, 15) is 22.8 Å². The summed E-state index contributed by atoms with van der Waals surface area (Å²) in [4.78, 5) is 34.1. The number of ketones is 1. The van der Waals surface area contributed by atoms with E-state index in [4.69, 9.17) is 0 Å².